The van der Waals surface area contributed by atoms with Crippen molar-refractivity contribution >= 4 is 24.0 Å². The van der Waals surface area contributed by atoms with Crippen LogP contribution in [0.25, 0.3) is 12.2 Å². The predicted molar refractivity (Wildman–Crippen MR) is 147 cm³/mol. The average Bonchev–Trinajstić information content (AvgIpc) is 3.00. The summed E-state index contributed by atoms with van der Waals surface area (Å²) in [6.45, 7) is -6.61. The number of halogens is 4. The van der Waals surface area contributed by atoms with Gasteiger partial charge in [0.15, 0.2) is 0 Å². The molecule has 2 amide bonds. The Bertz CT molecular complexity index is 1400. The second-order valence-corrected chi connectivity index (χ2v) is 8.64. The van der Waals surface area contributed by atoms with Gasteiger partial charge in [0.25, 0.3) is 11.8 Å². The van der Waals surface area contributed by atoms with Crippen LogP contribution < -0.4 is 9.47 Å². The van der Waals surface area contributed by atoms with E-state index < -0.39 is 25.0 Å². The molecule has 0 saturated carbocycles. The average molecular weight is 609 g/mol. The van der Waals surface area contributed by atoms with Crippen molar-refractivity contribution in [2.24, 2.45) is 0 Å². The molecular weight excluding hydrogens is 584 g/mol. The molecule has 0 radical (unpaired) electrons. The van der Waals surface area contributed by atoms with Crippen molar-refractivity contribution in [2.45, 2.75) is 26.1 Å². The molecule has 0 saturated heterocycles. The predicted octanol–water partition coefficient (Wildman–Crippen LogP) is 4.89. The lowest BCUT2D eigenvalue weighted by molar-refractivity contribution is -0.130. The molecule has 2 aromatic rings. The van der Waals surface area contributed by atoms with Crippen molar-refractivity contribution in [2.75, 3.05) is 26.2 Å². The number of hydrogen-bond acceptors (Lipinski definition) is 8. The third-order valence-electron chi connectivity index (χ3n) is 5.74. The Morgan fingerprint density at radius 2 is 0.977 bits per heavy atom. The molecule has 10 nitrogen and oxygen atoms in total. The summed E-state index contributed by atoms with van der Waals surface area (Å²) in [6, 6.07) is 17.7. The quantitative estimate of drug-likeness (QED) is 0.157. The van der Waals surface area contributed by atoms with Crippen LogP contribution in [0, 0.1) is 45.3 Å². The minimum Gasteiger partial charge on any atom is -0.435 e. The minimum atomic E-state index is -3.03. The number of ether oxygens (including phenoxy) is 2. The lowest BCUT2D eigenvalue weighted by Gasteiger charge is -2.27. The zero-order chi connectivity index (χ0) is 32.5. The van der Waals surface area contributed by atoms with Gasteiger partial charge in [-0.2, -0.15) is 38.6 Å². The van der Waals surface area contributed by atoms with Gasteiger partial charge in [-0.1, -0.05) is 24.3 Å². The highest BCUT2D eigenvalue weighted by Crippen LogP contribution is 2.19. The topological polar surface area (TPSA) is 154 Å². The standard InChI is InChI=1S/C30H24F4N6O4/c31-29(32)43-25-7-3-21(4-8-25)17-23(19-37)27(41)39(13-1-11-35)15-16-40(14-2-12-36)28(42)24(20-38)18-22-5-9-26(10-6-22)44-30(33)34/h3-10,17-18,29-30H,1-2,13-16H2/b23-17+,24-18+. The Morgan fingerprint density at radius 3 is 1.25 bits per heavy atom. The zero-order valence-corrected chi connectivity index (χ0v) is 23.0. The third-order valence-corrected chi connectivity index (χ3v) is 5.74. The fraction of sp³-hybridized carbons (Fsp3) is 0.267. The van der Waals surface area contributed by atoms with Gasteiger partial charge in [0.1, 0.15) is 34.8 Å². The summed E-state index contributed by atoms with van der Waals surface area (Å²) in [7, 11) is 0. The summed E-state index contributed by atoms with van der Waals surface area (Å²) >= 11 is 0. The molecule has 2 rings (SSSR count). The number of amides is 2. The SMILES string of the molecule is N#CCCN(CCN(CCC#N)C(=O)/C(C#N)=C/c1ccc(OC(F)F)cc1)C(=O)/C(C#N)=C/c1ccc(OC(F)F)cc1. The fourth-order valence-electron chi connectivity index (χ4n) is 3.69. The van der Waals surface area contributed by atoms with E-state index in [4.69, 9.17) is 10.5 Å². The Morgan fingerprint density at radius 1 is 0.636 bits per heavy atom. The highest BCUT2D eigenvalue weighted by molar-refractivity contribution is 6.02. The molecule has 14 heteroatoms. The van der Waals surface area contributed by atoms with Gasteiger partial charge < -0.3 is 19.3 Å². The summed E-state index contributed by atoms with van der Waals surface area (Å²) in [5.41, 5.74) is -0.00478. The number of benzene rings is 2. The Labute approximate surface area is 250 Å². The molecule has 0 spiro atoms. The fourth-order valence-corrected chi connectivity index (χ4v) is 3.69. The van der Waals surface area contributed by atoms with Gasteiger partial charge in [-0.05, 0) is 47.5 Å². The first-order valence-corrected chi connectivity index (χ1v) is 12.8. The van der Waals surface area contributed by atoms with Crippen LogP contribution in [0.3, 0.4) is 0 Å². The maximum absolute atomic E-state index is 13.2. The molecule has 0 N–H and O–H groups in total. The number of carbonyl (C=O) groups excluding carboxylic acids is 2. The van der Waals surface area contributed by atoms with Gasteiger partial charge in [0.2, 0.25) is 0 Å². The van der Waals surface area contributed by atoms with Crippen molar-refractivity contribution in [1.29, 1.82) is 21.0 Å². The van der Waals surface area contributed by atoms with E-state index >= 15 is 0 Å². The van der Waals surface area contributed by atoms with Crippen molar-refractivity contribution in [3.8, 4) is 35.8 Å². The Balaban J connectivity index is 2.26. The number of nitriles is 4. The van der Waals surface area contributed by atoms with Crippen LogP contribution >= 0.6 is 0 Å². The highest BCUT2D eigenvalue weighted by atomic mass is 19.3. The van der Waals surface area contributed by atoms with E-state index in [-0.39, 0.29) is 61.7 Å². The highest BCUT2D eigenvalue weighted by Gasteiger charge is 2.23. The molecule has 0 aliphatic carbocycles. The number of nitrogens with zero attached hydrogens (tertiary/aromatic N) is 6. The van der Waals surface area contributed by atoms with Crippen LogP contribution in [0.4, 0.5) is 17.6 Å². The van der Waals surface area contributed by atoms with Crippen molar-refractivity contribution in [1.82, 2.24) is 9.80 Å². The maximum atomic E-state index is 13.2. The van der Waals surface area contributed by atoms with E-state index in [0.29, 0.717) is 11.1 Å². The van der Waals surface area contributed by atoms with Gasteiger partial charge in [-0.25, -0.2) is 0 Å². The van der Waals surface area contributed by atoms with E-state index in [1.165, 1.54) is 60.7 Å². The number of hydrogen-bond donors (Lipinski definition) is 0. The molecule has 44 heavy (non-hydrogen) atoms. The van der Waals surface area contributed by atoms with Gasteiger partial charge in [0.05, 0.1) is 25.0 Å². The van der Waals surface area contributed by atoms with Crippen LogP contribution in [-0.2, 0) is 9.59 Å². The molecule has 0 fully saturated rings. The normalized spacial score (nSPS) is 11.1. The third kappa shape index (κ3) is 11.2. The molecule has 0 aliphatic heterocycles. The molecule has 0 heterocycles. The van der Waals surface area contributed by atoms with Crippen LogP contribution in [0.15, 0.2) is 59.7 Å². The van der Waals surface area contributed by atoms with Crippen LogP contribution in [0.5, 0.6) is 11.5 Å². The molecular formula is C30H24F4N6O4. The zero-order valence-electron chi connectivity index (χ0n) is 23.0. The lowest BCUT2D eigenvalue weighted by Crippen LogP contribution is -2.42. The van der Waals surface area contributed by atoms with E-state index in [1.807, 2.05) is 12.1 Å². The van der Waals surface area contributed by atoms with Crippen molar-refractivity contribution in [3.05, 3.63) is 70.8 Å². The Kier molecular flexibility index (Phi) is 13.9. The summed E-state index contributed by atoms with van der Waals surface area (Å²) in [4.78, 5) is 28.8. The van der Waals surface area contributed by atoms with E-state index in [0.717, 1.165) is 9.80 Å². The maximum Gasteiger partial charge on any atom is 0.387 e. The second-order valence-electron chi connectivity index (χ2n) is 8.64. The van der Waals surface area contributed by atoms with Gasteiger partial charge in [-0.3, -0.25) is 9.59 Å². The second kappa shape index (κ2) is 17.8. The van der Waals surface area contributed by atoms with Gasteiger partial charge in [-0.15, -0.1) is 0 Å². The van der Waals surface area contributed by atoms with Gasteiger partial charge in [0, 0.05) is 26.2 Å². The summed E-state index contributed by atoms with van der Waals surface area (Å²) < 4.78 is 58.2. The van der Waals surface area contributed by atoms with Gasteiger partial charge >= 0.3 is 13.2 Å². The lowest BCUT2D eigenvalue weighted by atomic mass is 10.1. The van der Waals surface area contributed by atoms with Crippen molar-refractivity contribution in [3.63, 3.8) is 0 Å². The van der Waals surface area contributed by atoms with Crippen LogP contribution in [-0.4, -0.2) is 61.0 Å². The number of alkyl halides is 4. The largest absolute Gasteiger partial charge is 0.435 e. The minimum absolute atomic E-state index is 0.106. The van der Waals surface area contributed by atoms with E-state index in [9.17, 15) is 37.7 Å². The monoisotopic (exact) mass is 608 g/mol. The van der Waals surface area contributed by atoms with Crippen LogP contribution in [0.1, 0.15) is 24.0 Å². The first-order chi connectivity index (χ1) is 21.1. The number of rotatable bonds is 15. The van der Waals surface area contributed by atoms with Crippen LogP contribution in [0.2, 0.25) is 0 Å². The molecule has 2 aromatic carbocycles. The summed E-state index contributed by atoms with van der Waals surface area (Å²) in [5, 5.41) is 37.5. The molecule has 0 atom stereocenters. The first kappa shape index (κ1) is 34.3. The van der Waals surface area contributed by atoms with E-state index in [1.54, 1.807) is 12.1 Å². The Hall–Kier alpha value is -5.86. The summed E-state index contributed by atoms with van der Waals surface area (Å²) in [5.74, 6) is -1.79. The molecule has 226 valence electrons. The smallest absolute Gasteiger partial charge is 0.387 e. The van der Waals surface area contributed by atoms with E-state index in [2.05, 4.69) is 9.47 Å². The molecule has 0 unspecified atom stereocenters. The molecule has 0 aliphatic rings. The molecule has 0 aromatic heterocycles. The summed E-state index contributed by atoms with van der Waals surface area (Å²) in [6.07, 6.45) is 2.23. The number of carbonyl (C=O) groups is 2. The first-order valence-electron chi connectivity index (χ1n) is 12.8. The van der Waals surface area contributed by atoms with Crippen molar-refractivity contribution < 1.29 is 36.6 Å². The molecule has 0 bridgehead atoms.